The monoisotopic (exact) mass is 216 g/mol. The molecule has 2 rings (SSSR count). The van der Waals surface area contributed by atoms with E-state index in [1.807, 2.05) is 31.2 Å². The van der Waals surface area contributed by atoms with Crippen molar-refractivity contribution in [2.45, 2.75) is 13.5 Å². The second-order valence-electron chi connectivity index (χ2n) is 3.55. The molecule has 1 amide bonds. The Morgan fingerprint density at radius 1 is 1.31 bits per heavy atom. The Labute approximate surface area is 93.3 Å². The van der Waals surface area contributed by atoms with Crippen molar-refractivity contribution >= 4 is 5.91 Å². The maximum atomic E-state index is 11.5. The number of hydrogen-bond donors (Lipinski definition) is 1. The first-order valence-corrected chi connectivity index (χ1v) is 5.00. The summed E-state index contributed by atoms with van der Waals surface area (Å²) in [5.74, 6) is -0.227. The van der Waals surface area contributed by atoms with Crippen LogP contribution in [0.25, 0.3) is 0 Å². The average molecular weight is 216 g/mol. The number of carbonyl (C=O) groups excluding carboxylic acids is 1. The van der Waals surface area contributed by atoms with Crippen LogP contribution < -0.4 is 5.32 Å². The fraction of sp³-hybridized carbons (Fsp3) is 0.167. The van der Waals surface area contributed by atoms with Gasteiger partial charge in [0.1, 0.15) is 6.26 Å². The highest BCUT2D eigenvalue weighted by atomic mass is 16.5. The van der Waals surface area contributed by atoms with Crippen LogP contribution in [0.2, 0.25) is 0 Å². The highest BCUT2D eigenvalue weighted by Crippen LogP contribution is 2.03. The molecule has 1 aromatic carbocycles. The van der Waals surface area contributed by atoms with E-state index in [9.17, 15) is 4.79 Å². The minimum atomic E-state index is -0.227. The summed E-state index contributed by atoms with van der Waals surface area (Å²) in [5, 5.41) is 6.31. The van der Waals surface area contributed by atoms with Crippen molar-refractivity contribution in [3.05, 3.63) is 53.4 Å². The molecule has 16 heavy (non-hydrogen) atoms. The number of benzene rings is 1. The summed E-state index contributed by atoms with van der Waals surface area (Å²) in [6, 6.07) is 9.52. The third-order valence-corrected chi connectivity index (χ3v) is 2.24. The highest BCUT2D eigenvalue weighted by molar-refractivity contribution is 5.91. The van der Waals surface area contributed by atoms with Crippen molar-refractivity contribution in [1.29, 1.82) is 0 Å². The normalized spacial score (nSPS) is 10.1. The zero-order valence-electron chi connectivity index (χ0n) is 8.93. The van der Waals surface area contributed by atoms with Gasteiger partial charge >= 0.3 is 0 Å². The van der Waals surface area contributed by atoms with Crippen LogP contribution >= 0.6 is 0 Å². The molecular weight excluding hydrogens is 204 g/mol. The lowest BCUT2D eigenvalue weighted by molar-refractivity contribution is 0.0942. The van der Waals surface area contributed by atoms with Crippen molar-refractivity contribution in [2.24, 2.45) is 0 Å². The topological polar surface area (TPSA) is 55.1 Å². The molecule has 0 fully saturated rings. The van der Waals surface area contributed by atoms with Crippen molar-refractivity contribution in [2.75, 3.05) is 0 Å². The van der Waals surface area contributed by atoms with Crippen LogP contribution in [0, 0.1) is 6.92 Å². The van der Waals surface area contributed by atoms with Gasteiger partial charge in [0.2, 0.25) is 0 Å². The van der Waals surface area contributed by atoms with E-state index in [1.165, 1.54) is 17.9 Å². The molecule has 1 N–H and O–H groups in total. The zero-order chi connectivity index (χ0) is 11.4. The summed E-state index contributed by atoms with van der Waals surface area (Å²) in [6.45, 7) is 2.52. The molecule has 0 aliphatic rings. The van der Waals surface area contributed by atoms with Crippen LogP contribution in [-0.4, -0.2) is 11.1 Å². The fourth-order valence-corrected chi connectivity index (χ4v) is 1.31. The van der Waals surface area contributed by atoms with E-state index in [2.05, 4.69) is 15.0 Å². The fourth-order valence-electron chi connectivity index (χ4n) is 1.31. The predicted octanol–water partition coefficient (Wildman–Crippen LogP) is 1.91. The molecular formula is C12H12N2O2. The lowest BCUT2D eigenvalue weighted by Crippen LogP contribution is -2.22. The van der Waals surface area contributed by atoms with E-state index in [0.717, 1.165) is 5.56 Å². The SMILES string of the molecule is Cc1ccc(CNC(=O)c2ccon2)cc1. The molecule has 0 atom stereocenters. The quantitative estimate of drug-likeness (QED) is 0.852. The van der Waals surface area contributed by atoms with Crippen LogP contribution in [0.4, 0.5) is 0 Å². The molecule has 0 unspecified atom stereocenters. The Hall–Kier alpha value is -2.10. The Balaban J connectivity index is 1.93. The standard InChI is InChI=1S/C12H12N2O2/c1-9-2-4-10(5-3-9)8-13-12(15)11-6-7-16-14-11/h2-7H,8H2,1H3,(H,13,15). The minimum absolute atomic E-state index is 0.227. The molecule has 0 saturated carbocycles. The van der Waals surface area contributed by atoms with Gasteiger partial charge in [0.05, 0.1) is 0 Å². The molecule has 0 radical (unpaired) electrons. The Morgan fingerprint density at radius 3 is 2.69 bits per heavy atom. The first-order chi connectivity index (χ1) is 7.75. The maximum Gasteiger partial charge on any atom is 0.273 e. The molecule has 4 heteroatoms. The average Bonchev–Trinajstić information content (AvgIpc) is 2.81. The first-order valence-electron chi connectivity index (χ1n) is 5.00. The Bertz CT molecular complexity index is 460. The van der Waals surface area contributed by atoms with Gasteiger partial charge in [0.25, 0.3) is 5.91 Å². The second kappa shape index (κ2) is 4.61. The van der Waals surface area contributed by atoms with Crippen LogP contribution in [-0.2, 0) is 6.54 Å². The molecule has 0 aliphatic heterocycles. The molecule has 4 nitrogen and oxygen atoms in total. The van der Waals surface area contributed by atoms with Crippen LogP contribution in [0.1, 0.15) is 21.6 Å². The van der Waals surface area contributed by atoms with E-state index >= 15 is 0 Å². The van der Waals surface area contributed by atoms with Gasteiger partial charge in [-0.15, -0.1) is 0 Å². The lowest BCUT2D eigenvalue weighted by Gasteiger charge is -2.03. The van der Waals surface area contributed by atoms with E-state index in [4.69, 9.17) is 0 Å². The summed E-state index contributed by atoms with van der Waals surface area (Å²) >= 11 is 0. The largest absolute Gasteiger partial charge is 0.364 e. The third-order valence-electron chi connectivity index (χ3n) is 2.24. The van der Waals surface area contributed by atoms with Crippen LogP contribution in [0.5, 0.6) is 0 Å². The molecule has 2 aromatic rings. The Kier molecular flexibility index (Phi) is 3.00. The molecule has 0 bridgehead atoms. The summed E-state index contributed by atoms with van der Waals surface area (Å²) in [7, 11) is 0. The summed E-state index contributed by atoms with van der Waals surface area (Å²) in [5.41, 5.74) is 2.56. The molecule has 0 aliphatic carbocycles. The van der Waals surface area contributed by atoms with Gasteiger partial charge in [0.15, 0.2) is 5.69 Å². The number of amides is 1. The molecule has 1 heterocycles. The number of carbonyl (C=O) groups is 1. The van der Waals surface area contributed by atoms with Crippen molar-refractivity contribution in [1.82, 2.24) is 10.5 Å². The minimum Gasteiger partial charge on any atom is -0.364 e. The van der Waals surface area contributed by atoms with Gasteiger partial charge in [-0.25, -0.2) is 0 Å². The van der Waals surface area contributed by atoms with Gasteiger partial charge in [-0.1, -0.05) is 35.0 Å². The van der Waals surface area contributed by atoms with Crippen LogP contribution in [0.15, 0.2) is 41.1 Å². The number of nitrogens with one attached hydrogen (secondary N) is 1. The van der Waals surface area contributed by atoms with Gasteiger partial charge in [-0.2, -0.15) is 0 Å². The molecule has 82 valence electrons. The van der Waals surface area contributed by atoms with E-state index in [-0.39, 0.29) is 5.91 Å². The highest BCUT2D eigenvalue weighted by Gasteiger charge is 2.07. The van der Waals surface area contributed by atoms with Gasteiger partial charge < -0.3 is 9.84 Å². The zero-order valence-corrected chi connectivity index (χ0v) is 8.93. The van der Waals surface area contributed by atoms with E-state index in [0.29, 0.717) is 12.2 Å². The number of aromatic nitrogens is 1. The van der Waals surface area contributed by atoms with Crippen LogP contribution in [0.3, 0.4) is 0 Å². The summed E-state index contributed by atoms with van der Waals surface area (Å²) in [4.78, 5) is 11.5. The maximum absolute atomic E-state index is 11.5. The summed E-state index contributed by atoms with van der Waals surface area (Å²) < 4.78 is 4.59. The number of hydrogen-bond acceptors (Lipinski definition) is 3. The van der Waals surface area contributed by atoms with Gasteiger partial charge in [-0.3, -0.25) is 4.79 Å². The smallest absolute Gasteiger partial charge is 0.273 e. The van der Waals surface area contributed by atoms with E-state index < -0.39 is 0 Å². The number of rotatable bonds is 3. The van der Waals surface area contributed by atoms with Gasteiger partial charge in [-0.05, 0) is 12.5 Å². The van der Waals surface area contributed by atoms with Crippen molar-refractivity contribution < 1.29 is 9.32 Å². The van der Waals surface area contributed by atoms with Gasteiger partial charge in [0, 0.05) is 12.6 Å². The Morgan fingerprint density at radius 2 is 2.06 bits per heavy atom. The molecule has 1 aromatic heterocycles. The van der Waals surface area contributed by atoms with E-state index in [1.54, 1.807) is 0 Å². The summed E-state index contributed by atoms with van der Waals surface area (Å²) in [6.07, 6.45) is 1.38. The molecule has 0 spiro atoms. The third kappa shape index (κ3) is 2.48. The predicted molar refractivity (Wildman–Crippen MR) is 58.9 cm³/mol. The van der Waals surface area contributed by atoms with Crippen molar-refractivity contribution in [3.8, 4) is 0 Å². The number of nitrogens with zero attached hydrogens (tertiary/aromatic N) is 1. The van der Waals surface area contributed by atoms with Crippen molar-refractivity contribution in [3.63, 3.8) is 0 Å². The lowest BCUT2D eigenvalue weighted by atomic mass is 10.1. The second-order valence-corrected chi connectivity index (χ2v) is 3.55. The number of aryl methyl sites for hydroxylation is 1. The first kappa shape index (κ1) is 10.4. The molecule has 0 saturated heterocycles.